The van der Waals surface area contributed by atoms with E-state index in [1.807, 2.05) is 0 Å². The Morgan fingerprint density at radius 1 is 1.40 bits per heavy atom. The van der Waals surface area contributed by atoms with Crippen molar-refractivity contribution in [3.8, 4) is 0 Å². The molecule has 0 bridgehead atoms. The number of rotatable bonds is 4. The lowest BCUT2D eigenvalue weighted by molar-refractivity contribution is 0.233. The van der Waals surface area contributed by atoms with Crippen LogP contribution < -0.4 is 10.6 Å². The highest BCUT2D eigenvalue weighted by Gasteiger charge is 2.25. The summed E-state index contributed by atoms with van der Waals surface area (Å²) in [6.07, 6.45) is 4.49. The van der Waals surface area contributed by atoms with Gasteiger partial charge in [0.2, 0.25) is 0 Å². The average molecular weight is 346 g/mol. The third-order valence-electron chi connectivity index (χ3n) is 4.39. The molecule has 3 rings (SSSR count). The van der Waals surface area contributed by atoms with Crippen molar-refractivity contribution >= 4 is 6.03 Å². The van der Waals surface area contributed by atoms with Crippen LogP contribution in [0.1, 0.15) is 48.7 Å². The second-order valence-corrected chi connectivity index (χ2v) is 6.32. The maximum atomic E-state index is 13.5. The first-order chi connectivity index (χ1) is 12.0. The molecule has 2 aromatic rings. The number of aromatic nitrogens is 2. The van der Waals surface area contributed by atoms with Gasteiger partial charge in [-0.05, 0) is 49.4 Å². The Morgan fingerprint density at radius 3 is 2.92 bits per heavy atom. The number of amides is 2. The number of hydrogen-bond acceptors (Lipinski definition) is 2. The molecule has 25 heavy (non-hydrogen) atoms. The lowest BCUT2D eigenvalue weighted by atomic mass is 9.94. The predicted molar refractivity (Wildman–Crippen MR) is 89.8 cm³/mol. The fourth-order valence-corrected chi connectivity index (χ4v) is 3.12. The predicted octanol–water partition coefficient (Wildman–Crippen LogP) is 3.68. The lowest BCUT2D eigenvalue weighted by Gasteiger charge is -2.25. The topological polar surface area (TPSA) is 69.8 Å². The molecule has 1 heterocycles. The van der Waals surface area contributed by atoms with Gasteiger partial charge in [0.15, 0.2) is 11.6 Å². The number of carbonyl (C=O) groups is 1. The van der Waals surface area contributed by atoms with Crippen LogP contribution in [-0.2, 0) is 6.42 Å². The average Bonchev–Trinajstić information content (AvgIpc) is 3.05. The number of nitrogens with zero attached hydrogens (tertiary/aromatic N) is 1. The molecule has 132 valence electrons. The van der Waals surface area contributed by atoms with Crippen molar-refractivity contribution in [3.05, 3.63) is 65.0 Å². The Morgan fingerprint density at radius 2 is 2.20 bits per heavy atom. The smallest absolute Gasteiger partial charge is 0.316 e. The Hall–Kier alpha value is -2.70. The van der Waals surface area contributed by atoms with Gasteiger partial charge in [0.1, 0.15) is 0 Å². The second kappa shape index (κ2) is 7.04. The molecule has 0 unspecified atom stereocenters. The van der Waals surface area contributed by atoms with E-state index in [9.17, 15) is 13.6 Å². The Kier molecular flexibility index (Phi) is 4.83. The van der Waals surface area contributed by atoms with Crippen molar-refractivity contribution < 1.29 is 13.6 Å². The zero-order valence-corrected chi connectivity index (χ0v) is 13.9. The van der Waals surface area contributed by atoms with Gasteiger partial charge in [-0.1, -0.05) is 18.2 Å². The van der Waals surface area contributed by atoms with Crippen LogP contribution in [0.2, 0.25) is 0 Å². The Bertz CT molecular complexity index is 802. The number of aryl methyl sites for hydroxylation is 1. The van der Waals surface area contributed by atoms with Crippen LogP contribution >= 0.6 is 0 Å². The summed E-state index contributed by atoms with van der Waals surface area (Å²) >= 11 is 0. The molecule has 2 atom stereocenters. The number of fused-ring (bicyclic) bond motifs is 1. The maximum Gasteiger partial charge on any atom is 0.316 e. The van der Waals surface area contributed by atoms with Gasteiger partial charge in [-0.15, -0.1) is 0 Å². The highest BCUT2D eigenvalue weighted by atomic mass is 19.2. The number of urea groups is 1. The number of nitrogens with one attached hydrogen (secondary N) is 3. The van der Waals surface area contributed by atoms with Crippen LogP contribution in [0.5, 0.6) is 0 Å². The fraction of sp³-hybridized carbons (Fsp3) is 0.333. The Labute approximate surface area is 144 Å². The monoisotopic (exact) mass is 346 g/mol. The summed E-state index contributed by atoms with van der Waals surface area (Å²) in [4.78, 5) is 12.4. The van der Waals surface area contributed by atoms with E-state index in [4.69, 9.17) is 0 Å². The van der Waals surface area contributed by atoms with Crippen molar-refractivity contribution in [1.29, 1.82) is 0 Å². The molecule has 0 saturated heterocycles. The van der Waals surface area contributed by atoms with Gasteiger partial charge in [-0.3, -0.25) is 5.10 Å². The van der Waals surface area contributed by atoms with Crippen molar-refractivity contribution in [2.24, 2.45) is 0 Å². The van der Waals surface area contributed by atoms with Crippen molar-refractivity contribution in [2.45, 2.75) is 38.3 Å². The number of halogens is 2. The molecule has 0 radical (unpaired) electrons. The number of benzene rings is 1. The first-order valence-electron chi connectivity index (χ1n) is 8.15. The number of H-pyrrole nitrogens is 1. The van der Waals surface area contributed by atoms with Gasteiger partial charge >= 0.3 is 6.03 Å². The summed E-state index contributed by atoms with van der Waals surface area (Å²) in [6.45, 7) is 5.56. The van der Waals surface area contributed by atoms with E-state index < -0.39 is 23.7 Å². The minimum atomic E-state index is -0.958. The number of hydrogen-bond donors (Lipinski definition) is 3. The van der Waals surface area contributed by atoms with Gasteiger partial charge in [0, 0.05) is 0 Å². The lowest BCUT2D eigenvalue weighted by Crippen LogP contribution is -2.41. The maximum absolute atomic E-state index is 13.5. The van der Waals surface area contributed by atoms with Crippen molar-refractivity contribution in [1.82, 2.24) is 20.8 Å². The van der Waals surface area contributed by atoms with Crippen LogP contribution in [0.25, 0.3) is 0 Å². The summed E-state index contributed by atoms with van der Waals surface area (Å²) < 4.78 is 26.6. The summed E-state index contributed by atoms with van der Waals surface area (Å²) in [7, 11) is 0. The first-order valence-corrected chi connectivity index (χ1v) is 8.15. The molecule has 5 nitrogen and oxygen atoms in total. The van der Waals surface area contributed by atoms with E-state index in [-0.39, 0.29) is 6.04 Å². The third-order valence-corrected chi connectivity index (χ3v) is 4.39. The summed E-state index contributed by atoms with van der Waals surface area (Å²) in [5.41, 5.74) is 3.08. The zero-order chi connectivity index (χ0) is 18.0. The van der Waals surface area contributed by atoms with E-state index in [0.29, 0.717) is 11.1 Å². The molecular weight excluding hydrogens is 326 g/mol. The fourth-order valence-electron chi connectivity index (χ4n) is 3.12. The highest BCUT2D eigenvalue weighted by Crippen LogP contribution is 2.28. The standard InChI is InChI=1S/C18H20F2N4O/c1-10(2)16(11-6-7-13(19)14(20)8-11)23-18(25)22-15-5-3-4-12-9-21-24-17(12)15/h6-9,15-16H,1,3-5H2,2H3,(H,21,24)(H2,22,23,25)/t15-,16-/m1/s1. The quantitative estimate of drug-likeness (QED) is 0.739. The summed E-state index contributed by atoms with van der Waals surface area (Å²) in [5.74, 6) is -1.89. The minimum Gasteiger partial charge on any atom is -0.330 e. The molecule has 0 fully saturated rings. The van der Waals surface area contributed by atoms with Gasteiger partial charge in [-0.25, -0.2) is 13.6 Å². The highest BCUT2D eigenvalue weighted by molar-refractivity contribution is 5.75. The van der Waals surface area contributed by atoms with E-state index >= 15 is 0 Å². The van der Waals surface area contributed by atoms with E-state index in [2.05, 4.69) is 27.4 Å². The van der Waals surface area contributed by atoms with E-state index in [0.717, 1.165) is 42.7 Å². The Balaban J connectivity index is 1.72. The molecular formula is C18H20F2N4O. The van der Waals surface area contributed by atoms with Crippen molar-refractivity contribution in [3.63, 3.8) is 0 Å². The number of carbonyl (C=O) groups excluding carboxylic acids is 1. The number of aromatic amines is 1. The van der Waals surface area contributed by atoms with Gasteiger partial charge in [0.25, 0.3) is 0 Å². The molecule has 0 spiro atoms. The molecule has 1 aromatic heterocycles. The summed E-state index contributed by atoms with van der Waals surface area (Å²) in [6, 6.07) is 2.39. The third kappa shape index (κ3) is 3.70. The molecule has 7 heteroatoms. The van der Waals surface area contributed by atoms with Crippen LogP contribution in [0.3, 0.4) is 0 Å². The van der Waals surface area contributed by atoms with Crippen LogP contribution in [0.15, 0.2) is 36.5 Å². The van der Waals surface area contributed by atoms with Crippen molar-refractivity contribution in [2.75, 3.05) is 0 Å². The normalized spacial score (nSPS) is 17.5. The second-order valence-electron chi connectivity index (χ2n) is 6.32. The molecule has 2 amide bonds. The van der Waals surface area contributed by atoms with Crippen LogP contribution in [-0.4, -0.2) is 16.2 Å². The molecule has 0 saturated carbocycles. The zero-order valence-electron chi connectivity index (χ0n) is 13.9. The molecule has 0 aliphatic heterocycles. The SMILES string of the molecule is C=C(C)[C@@H](NC(=O)N[C@@H]1CCCc2cn[nH]c21)c1ccc(F)c(F)c1. The first kappa shape index (κ1) is 17.1. The van der Waals surface area contributed by atoms with Gasteiger partial charge in [0.05, 0.1) is 24.0 Å². The molecule has 1 aliphatic carbocycles. The minimum absolute atomic E-state index is 0.151. The van der Waals surface area contributed by atoms with Gasteiger partial charge in [-0.2, -0.15) is 5.10 Å². The van der Waals surface area contributed by atoms with Gasteiger partial charge < -0.3 is 10.6 Å². The van der Waals surface area contributed by atoms with E-state index in [1.165, 1.54) is 6.07 Å². The molecule has 1 aliphatic rings. The molecule has 1 aromatic carbocycles. The molecule has 3 N–H and O–H groups in total. The summed E-state index contributed by atoms with van der Waals surface area (Å²) in [5, 5.41) is 12.7. The largest absolute Gasteiger partial charge is 0.330 e. The van der Waals surface area contributed by atoms with Crippen LogP contribution in [0.4, 0.5) is 13.6 Å². The van der Waals surface area contributed by atoms with E-state index in [1.54, 1.807) is 13.1 Å². The van der Waals surface area contributed by atoms with Crippen LogP contribution in [0, 0.1) is 11.6 Å².